The van der Waals surface area contributed by atoms with E-state index in [1.54, 1.807) is 6.20 Å². The number of ether oxygens (including phenoxy) is 1. The minimum atomic E-state index is 0.611. The lowest BCUT2D eigenvalue weighted by Crippen LogP contribution is -2.03. The van der Waals surface area contributed by atoms with E-state index in [1.165, 1.54) is 10.9 Å². The van der Waals surface area contributed by atoms with Gasteiger partial charge in [-0.3, -0.25) is 0 Å². The number of anilines is 1. The number of aromatic amines is 1. The van der Waals surface area contributed by atoms with Crippen LogP contribution < -0.4 is 10.1 Å². The van der Waals surface area contributed by atoms with Gasteiger partial charge in [-0.2, -0.15) is 0 Å². The van der Waals surface area contributed by atoms with Crippen molar-refractivity contribution in [3.05, 3.63) is 54.4 Å². The largest absolute Gasteiger partial charge is 0.476 e. The highest BCUT2D eigenvalue weighted by atomic mass is 16.5. The Kier molecular flexibility index (Phi) is 3.54. The number of aromatic nitrogens is 2. The first-order valence-electron chi connectivity index (χ1n) is 6.74. The van der Waals surface area contributed by atoms with Crippen LogP contribution >= 0.6 is 0 Å². The Balaban J connectivity index is 1.75. The van der Waals surface area contributed by atoms with Crippen LogP contribution in [0.1, 0.15) is 12.5 Å². The third kappa shape index (κ3) is 2.59. The molecule has 3 rings (SSSR count). The first-order chi connectivity index (χ1) is 9.86. The monoisotopic (exact) mass is 267 g/mol. The molecule has 0 unspecified atom stereocenters. The van der Waals surface area contributed by atoms with Gasteiger partial charge in [0.2, 0.25) is 5.88 Å². The van der Waals surface area contributed by atoms with E-state index in [2.05, 4.69) is 39.6 Å². The van der Waals surface area contributed by atoms with Crippen LogP contribution in [0.3, 0.4) is 0 Å². The number of benzene rings is 1. The minimum absolute atomic E-state index is 0.611. The highest BCUT2D eigenvalue weighted by molar-refractivity contribution is 5.79. The predicted molar refractivity (Wildman–Crippen MR) is 81.0 cm³/mol. The zero-order chi connectivity index (χ0) is 13.8. The van der Waals surface area contributed by atoms with Gasteiger partial charge >= 0.3 is 0 Å². The second-order valence-corrected chi connectivity index (χ2v) is 4.54. The summed E-state index contributed by atoms with van der Waals surface area (Å²) in [5.74, 6) is 0.649. The van der Waals surface area contributed by atoms with Crippen LogP contribution in [0.2, 0.25) is 0 Å². The van der Waals surface area contributed by atoms with E-state index in [-0.39, 0.29) is 0 Å². The minimum Gasteiger partial charge on any atom is -0.476 e. The van der Waals surface area contributed by atoms with Gasteiger partial charge in [-0.05, 0) is 42.1 Å². The van der Waals surface area contributed by atoms with Crippen molar-refractivity contribution in [1.29, 1.82) is 0 Å². The molecule has 0 aliphatic rings. The van der Waals surface area contributed by atoms with Crippen LogP contribution in [-0.2, 0) is 6.54 Å². The molecule has 0 amide bonds. The average molecular weight is 267 g/mol. The van der Waals surface area contributed by atoms with Crippen molar-refractivity contribution >= 4 is 16.6 Å². The van der Waals surface area contributed by atoms with Crippen molar-refractivity contribution in [3.63, 3.8) is 0 Å². The Morgan fingerprint density at radius 3 is 3.10 bits per heavy atom. The van der Waals surface area contributed by atoms with Gasteiger partial charge in [0.1, 0.15) is 0 Å². The molecular formula is C16H17N3O. The normalized spacial score (nSPS) is 10.7. The van der Waals surface area contributed by atoms with E-state index >= 15 is 0 Å². The van der Waals surface area contributed by atoms with Gasteiger partial charge < -0.3 is 15.0 Å². The fraction of sp³-hybridized carbons (Fsp3) is 0.188. The highest BCUT2D eigenvalue weighted by Gasteiger charge is 2.04. The first kappa shape index (κ1) is 12.5. The smallest absolute Gasteiger partial charge is 0.237 e. The SMILES string of the molecule is CCOc1ncccc1NCc1ccc2cc[nH]c2c1. The topological polar surface area (TPSA) is 49.9 Å². The molecule has 2 N–H and O–H groups in total. The molecule has 0 aliphatic heterocycles. The number of fused-ring (bicyclic) bond motifs is 1. The zero-order valence-corrected chi connectivity index (χ0v) is 11.4. The number of pyridine rings is 1. The van der Waals surface area contributed by atoms with Crippen molar-refractivity contribution in [3.8, 4) is 5.88 Å². The number of hydrogen-bond acceptors (Lipinski definition) is 3. The van der Waals surface area contributed by atoms with E-state index in [4.69, 9.17) is 4.74 Å². The van der Waals surface area contributed by atoms with Crippen molar-refractivity contribution in [1.82, 2.24) is 9.97 Å². The molecule has 2 aromatic heterocycles. The van der Waals surface area contributed by atoms with E-state index in [1.807, 2.05) is 25.3 Å². The van der Waals surface area contributed by atoms with Crippen molar-refractivity contribution in [2.75, 3.05) is 11.9 Å². The van der Waals surface area contributed by atoms with Crippen LogP contribution in [0, 0.1) is 0 Å². The van der Waals surface area contributed by atoms with E-state index in [9.17, 15) is 0 Å². The summed E-state index contributed by atoms with van der Waals surface area (Å²) in [6, 6.07) is 12.3. The second-order valence-electron chi connectivity index (χ2n) is 4.54. The Morgan fingerprint density at radius 1 is 1.25 bits per heavy atom. The lowest BCUT2D eigenvalue weighted by Gasteiger charge is -2.11. The summed E-state index contributed by atoms with van der Waals surface area (Å²) in [6.07, 6.45) is 3.69. The molecule has 3 aromatic rings. The highest BCUT2D eigenvalue weighted by Crippen LogP contribution is 2.22. The summed E-state index contributed by atoms with van der Waals surface area (Å²) >= 11 is 0. The Morgan fingerprint density at radius 2 is 2.20 bits per heavy atom. The Bertz CT molecular complexity index is 706. The number of nitrogens with one attached hydrogen (secondary N) is 2. The lowest BCUT2D eigenvalue weighted by molar-refractivity contribution is 0.328. The predicted octanol–water partition coefficient (Wildman–Crippen LogP) is 3.57. The molecule has 0 saturated heterocycles. The zero-order valence-electron chi connectivity index (χ0n) is 11.4. The lowest BCUT2D eigenvalue weighted by atomic mass is 10.1. The summed E-state index contributed by atoms with van der Waals surface area (Å²) in [7, 11) is 0. The summed E-state index contributed by atoms with van der Waals surface area (Å²) in [5, 5.41) is 4.60. The second kappa shape index (κ2) is 5.65. The standard InChI is InChI=1S/C16H17N3O/c1-2-20-16-14(4-3-8-18-16)19-11-12-5-6-13-7-9-17-15(13)10-12/h3-10,17,19H,2,11H2,1H3. The van der Waals surface area contributed by atoms with Gasteiger partial charge in [0, 0.05) is 24.5 Å². The summed E-state index contributed by atoms with van der Waals surface area (Å²) in [4.78, 5) is 7.46. The van der Waals surface area contributed by atoms with E-state index in [0.29, 0.717) is 12.5 Å². The third-order valence-electron chi connectivity index (χ3n) is 3.15. The number of H-pyrrole nitrogens is 1. The molecule has 4 heteroatoms. The molecule has 0 fully saturated rings. The molecular weight excluding hydrogens is 250 g/mol. The van der Waals surface area contributed by atoms with Gasteiger partial charge in [0.15, 0.2) is 0 Å². The van der Waals surface area contributed by atoms with Crippen LogP contribution in [0.4, 0.5) is 5.69 Å². The molecule has 20 heavy (non-hydrogen) atoms. The molecule has 0 aliphatic carbocycles. The average Bonchev–Trinajstić information content (AvgIpc) is 2.94. The van der Waals surface area contributed by atoms with E-state index in [0.717, 1.165) is 17.7 Å². The number of hydrogen-bond donors (Lipinski definition) is 2. The van der Waals surface area contributed by atoms with Gasteiger partial charge in [0.05, 0.1) is 12.3 Å². The molecule has 0 bridgehead atoms. The fourth-order valence-electron chi connectivity index (χ4n) is 2.18. The van der Waals surface area contributed by atoms with Crippen molar-refractivity contribution < 1.29 is 4.74 Å². The maximum atomic E-state index is 5.50. The Hall–Kier alpha value is -2.49. The molecule has 0 radical (unpaired) electrons. The molecule has 4 nitrogen and oxygen atoms in total. The van der Waals surface area contributed by atoms with Gasteiger partial charge in [-0.1, -0.05) is 12.1 Å². The summed E-state index contributed by atoms with van der Waals surface area (Å²) < 4.78 is 5.50. The van der Waals surface area contributed by atoms with Crippen LogP contribution in [-0.4, -0.2) is 16.6 Å². The molecule has 2 heterocycles. The first-order valence-corrected chi connectivity index (χ1v) is 6.74. The van der Waals surface area contributed by atoms with Crippen LogP contribution in [0.15, 0.2) is 48.8 Å². The van der Waals surface area contributed by atoms with Crippen molar-refractivity contribution in [2.45, 2.75) is 13.5 Å². The van der Waals surface area contributed by atoms with Gasteiger partial charge in [0.25, 0.3) is 0 Å². The van der Waals surface area contributed by atoms with Gasteiger partial charge in [-0.15, -0.1) is 0 Å². The molecule has 0 spiro atoms. The van der Waals surface area contributed by atoms with Crippen LogP contribution in [0.25, 0.3) is 10.9 Å². The molecule has 1 aromatic carbocycles. The maximum absolute atomic E-state index is 5.50. The Labute approximate surface area is 117 Å². The number of rotatable bonds is 5. The fourth-order valence-corrected chi connectivity index (χ4v) is 2.18. The van der Waals surface area contributed by atoms with Crippen molar-refractivity contribution in [2.24, 2.45) is 0 Å². The summed E-state index contributed by atoms with van der Waals surface area (Å²) in [5.41, 5.74) is 3.28. The maximum Gasteiger partial charge on any atom is 0.237 e. The van der Waals surface area contributed by atoms with Gasteiger partial charge in [-0.25, -0.2) is 4.98 Å². The molecule has 102 valence electrons. The number of nitrogens with zero attached hydrogens (tertiary/aromatic N) is 1. The summed E-state index contributed by atoms with van der Waals surface area (Å²) in [6.45, 7) is 3.30. The third-order valence-corrected chi connectivity index (χ3v) is 3.15. The quantitative estimate of drug-likeness (QED) is 0.743. The van der Waals surface area contributed by atoms with E-state index < -0.39 is 0 Å². The van der Waals surface area contributed by atoms with Crippen LogP contribution in [0.5, 0.6) is 5.88 Å². The molecule has 0 atom stereocenters. The molecule has 0 saturated carbocycles.